The molecule has 100 valence electrons. The molecule has 18 heavy (non-hydrogen) atoms. The summed E-state index contributed by atoms with van der Waals surface area (Å²) < 4.78 is 29.8. The smallest absolute Gasteiger partial charge is 0.310 e. The summed E-state index contributed by atoms with van der Waals surface area (Å²) in [5, 5.41) is 0. The maximum Gasteiger partial charge on any atom is 0.310 e. The molecule has 0 spiro atoms. The quantitative estimate of drug-likeness (QED) is 0.769. The van der Waals surface area contributed by atoms with E-state index in [0.717, 1.165) is 6.07 Å². The fourth-order valence-corrected chi connectivity index (χ4v) is 1.53. The number of ether oxygens (including phenoxy) is 1. The van der Waals surface area contributed by atoms with Crippen LogP contribution >= 0.6 is 0 Å². The molecule has 0 amide bonds. The number of esters is 1. The third kappa shape index (κ3) is 3.36. The molecule has 0 saturated heterocycles. The molecule has 0 aliphatic rings. The van der Waals surface area contributed by atoms with E-state index in [1.807, 2.05) is 4.98 Å². The first kappa shape index (κ1) is 14.3. The molecule has 0 unspecified atom stereocenters. The Kier molecular flexibility index (Phi) is 4.96. The molecular formula is C11H14F2N2O3. The van der Waals surface area contributed by atoms with Crippen molar-refractivity contribution >= 4 is 5.97 Å². The summed E-state index contributed by atoms with van der Waals surface area (Å²) in [4.78, 5) is 24.9. The van der Waals surface area contributed by atoms with Crippen LogP contribution in [0.5, 0.6) is 0 Å². The van der Waals surface area contributed by atoms with Crippen molar-refractivity contribution in [3.8, 4) is 0 Å². The number of pyridine rings is 1. The number of hydrogen-bond acceptors (Lipinski definition) is 4. The van der Waals surface area contributed by atoms with Crippen LogP contribution in [0.15, 0.2) is 10.9 Å². The van der Waals surface area contributed by atoms with Gasteiger partial charge in [0.15, 0.2) is 0 Å². The average Bonchev–Trinajstić information content (AvgIpc) is 2.28. The van der Waals surface area contributed by atoms with Crippen molar-refractivity contribution in [2.24, 2.45) is 5.73 Å². The Morgan fingerprint density at radius 3 is 2.72 bits per heavy atom. The molecule has 0 radical (unpaired) electrons. The summed E-state index contributed by atoms with van der Waals surface area (Å²) in [5.41, 5.74) is 4.43. The van der Waals surface area contributed by atoms with Crippen LogP contribution in [0.2, 0.25) is 0 Å². The number of aromatic nitrogens is 1. The zero-order chi connectivity index (χ0) is 13.7. The van der Waals surface area contributed by atoms with Gasteiger partial charge in [0.05, 0.1) is 18.7 Å². The number of alkyl halides is 2. The normalized spacial score (nSPS) is 10.7. The molecule has 1 aromatic heterocycles. The van der Waals surface area contributed by atoms with E-state index in [1.165, 1.54) is 0 Å². The van der Waals surface area contributed by atoms with E-state index < -0.39 is 23.6 Å². The minimum atomic E-state index is -2.81. The number of hydrogen-bond donors (Lipinski definition) is 2. The van der Waals surface area contributed by atoms with Gasteiger partial charge in [0, 0.05) is 12.1 Å². The number of nitrogens with one attached hydrogen (secondary N) is 1. The predicted molar refractivity (Wildman–Crippen MR) is 60.2 cm³/mol. The molecule has 5 nitrogen and oxygen atoms in total. The summed E-state index contributed by atoms with van der Waals surface area (Å²) in [6.45, 7) is 1.68. The van der Waals surface area contributed by atoms with Crippen LogP contribution < -0.4 is 11.3 Å². The number of aromatic amines is 1. The fraction of sp³-hybridized carbons (Fsp3) is 0.455. The first-order valence-electron chi connectivity index (χ1n) is 5.38. The Bertz CT molecular complexity index is 486. The predicted octanol–water partition coefficient (Wildman–Crippen LogP) is 0.877. The van der Waals surface area contributed by atoms with Crippen LogP contribution in [0.3, 0.4) is 0 Å². The summed E-state index contributed by atoms with van der Waals surface area (Å²) in [7, 11) is 0. The van der Waals surface area contributed by atoms with Crippen molar-refractivity contribution in [3.63, 3.8) is 0 Å². The van der Waals surface area contributed by atoms with Crippen LogP contribution in [0.1, 0.15) is 30.2 Å². The molecule has 0 bridgehead atoms. The number of carbonyl (C=O) groups excluding carboxylic acids is 1. The van der Waals surface area contributed by atoms with Gasteiger partial charge in [-0.25, -0.2) is 8.78 Å². The monoisotopic (exact) mass is 260 g/mol. The van der Waals surface area contributed by atoms with Gasteiger partial charge in [-0.2, -0.15) is 0 Å². The number of H-pyrrole nitrogens is 1. The van der Waals surface area contributed by atoms with Gasteiger partial charge in [0.25, 0.3) is 12.0 Å². The van der Waals surface area contributed by atoms with Crippen LogP contribution in [0.4, 0.5) is 8.78 Å². The Morgan fingerprint density at radius 1 is 1.56 bits per heavy atom. The number of halogens is 2. The van der Waals surface area contributed by atoms with E-state index in [0.29, 0.717) is 0 Å². The molecule has 0 aliphatic carbocycles. The highest BCUT2D eigenvalue weighted by atomic mass is 19.3. The summed E-state index contributed by atoms with van der Waals surface area (Å²) in [5.74, 6) is -0.585. The highest BCUT2D eigenvalue weighted by Gasteiger charge is 2.16. The van der Waals surface area contributed by atoms with Crippen molar-refractivity contribution in [3.05, 3.63) is 33.2 Å². The van der Waals surface area contributed by atoms with Crippen molar-refractivity contribution < 1.29 is 18.3 Å². The molecule has 1 rings (SSSR count). The molecule has 7 heteroatoms. The average molecular weight is 260 g/mol. The first-order valence-corrected chi connectivity index (χ1v) is 5.38. The molecule has 0 atom stereocenters. The van der Waals surface area contributed by atoms with Gasteiger partial charge in [0.2, 0.25) is 0 Å². The van der Waals surface area contributed by atoms with E-state index in [1.54, 1.807) is 6.92 Å². The minimum Gasteiger partial charge on any atom is -0.466 e. The second-order valence-electron chi connectivity index (χ2n) is 3.54. The third-order valence-corrected chi connectivity index (χ3v) is 2.33. The van der Waals surface area contributed by atoms with Crippen molar-refractivity contribution in [2.45, 2.75) is 26.3 Å². The second-order valence-corrected chi connectivity index (χ2v) is 3.54. The Labute approximate surface area is 102 Å². The lowest BCUT2D eigenvalue weighted by atomic mass is 10.1. The topological polar surface area (TPSA) is 85.2 Å². The molecule has 1 heterocycles. The van der Waals surface area contributed by atoms with Crippen molar-refractivity contribution in [1.29, 1.82) is 0 Å². The highest BCUT2D eigenvalue weighted by Crippen LogP contribution is 2.17. The SMILES string of the molecule is CCOC(=O)Cc1cc(C(F)F)[nH]c(=O)c1CN. The number of carbonyl (C=O) groups is 1. The van der Waals surface area contributed by atoms with Crippen LogP contribution in [-0.2, 0) is 22.5 Å². The van der Waals surface area contributed by atoms with E-state index >= 15 is 0 Å². The van der Waals surface area contributed by atoms with Crippen LogP contribution in [-0.4, -0.2) is 17.6 Å². The molecule has 0 aromatic carbocycles. The van der Waals surface area contributed by atoms with Gasteiger partial charge in [-0.15, -0.1) is 0 Å². The summed E-state index contributed by atoms with van der Waals surface area (Å²) in [6.07, 6.45) is -3.06. The van der Waals surface area contributed by atoms with E-state index in [2.05, 4.69) is 0 Å². The Morgan fingerprint density at radius 2 is 2.22 bits per heavy atom. The lowest BCUT2D eigenvalue weighted by Gasteiger charge is -2.09. The van der Waals surface area contributed by atoms with Gasteiger partial charge < -0.3 is 15.5 Å². The van der Waals surface area contributed by atoms with Gasteiger partial charge in [-0.1, -0.05) is 0 Å². The number of rotatable bonds is 5. The third-order valence-electron chi connectivity index (χ3n) is 2.33. The van der Waals surface area contributed by atoms with Gasteiger partial charge in [0.1, 0.15) is 0 Å². The van der Waals surface area contributed by atoms with Crippen LogP contribution in [0.25, 0.3) is 0 Å². The first-order chi connectivity index (χ1) is 8.49. The van der Waals surface area contributed by atoms with Gasteiger partial charge in [-0.05, 0) is 18.6 Å². The van der Waals surface area contributed by atoms with Gasteiger partial charge >= 0.3 is 5.97 Å². The second kappa shape index (κ2) is 6.25. The van der Waals surface area contributed by atoms with E-state index in [4.69, 9.17) is 10.5 Å². The molecule has 3 N–H and O–H groups in total. The molecular weight excluding hydrogens is 246 g/mol. The maximum absolute atomic E-state index is 12.5. The molecule has 1 aromatic rings. The largest absolute Gasteiger partial charge is 0.466 e. The molecule has 0 saturated carbocycles. The fourth-order valence-electron chi connectivity index (χ4n) is 1.53. The van der Waals surface area contributed by atoms with Crippen LogP contribution in [0, 0.1) is 0 Å². The van der Waals surface area contributed by atoms with E-state index in [-0.39, 0.29) is 30.7 Å². The summed E-state index contributed by atoms with van der Waals surface area (Å²) in [6, 6.07) is 1.07. The highest BCUT2D eigenvalue weighted by molar-refractivity contribution is 5.73. The van der Waals surface area contributed by atoms with Crippen molar-refractivity contribution in [2.75, 3.05) is 6.61 Å². The molecule has 0 fully saturated rings. The Balaban J connectivity index is 3.14. The van der Waals surface area contributed by atoms with E-state index in [9.17, 15) is 18.4 Å². The maximum atomic E-state index is 12.5. The standard InChI is InChI=1S/C11H14F2N2O3/c1-2-18-9(16)4-6-3-8(10(12)13)15-11(17)7(6)5-14/h3,10H,2,4-5,14H2,1H3,(H,15,17). The summed E-state index contributed by atoms with van der Waals surface area (Å²) >= 11 is 0. The van der Waals surface area contributed by atoms with Crippen molar-refractivity contribution in [1.82, 2.24) is 4.98 Å². The lowest BCUT2D eigenvalue weighted by molar-refractivity contribution is -0.142. The zero-order valence-electron chi connectivity index (χ0n) is 9.83. The lowest BCUT2D eigenvalue weighted by Crippen LogP contribution is -2.22. The van der Waals surface area contributed by atoms with Gasteiger partial charge in [-0.3, -0.25) is 9.59 Å². The Hall–Kier alpha value is -1.76. The minimum absolute atomic E-state index is 0.118. The zero-order valence-corrected chi connectivity index (χ0v) is 9.83. The number of nitrogens with two attached hydrogens (primary N) is 1. The molecule has 0 aliphatic heterocycles.